The van der Waals surface area contributed by atoms with E-state index in [1.54, 1.807) is 36.4 Å². The van der Waals surface area contributed by atoms with Gasteiger partial charge in [-0.1, -0.05) is 29.8 Å². The van der Waals surface area contributed by atoms with E-state index in [1.807, 2.05) is 6.92 Å². The van der Waals surface area contributed by atoms with Crippen molar-refractivity contribution >= 4 is 10.0 Å². The van der Waals surface area contributed by atoms with Crippen LogP contribution in [0, 0.1) is 18.7 Å². The van der Waals surface area contributed by atoms with Crippen LogP contribution in [-0.2, 0) is 16.4 Å². The number of nitrogens with zero attached hydrogens (tertiary/aromatic N) is 3. The summed E-state index contributed by atoms with van der Waals surface area (Å²) in [4.78, 5) is 12.5. The van der Waals surface area contributed by atoms with E-state index in [4.69, 9.17) is 0 Å². The number of halogens is 1. The third kappa shape index (κ3) is 3.95. The molecule has 9 heteroatoms. The minimum Gasteiger partial charge on any atom is -0.246 e. The fourth-order valence-corrected chi connectivity index (χ4v) is 5.29. The molecule has 1 aromatic heterocycles. The lowest BCUT2D eigenvalue weighted by atomic mass is 9.94. The van der Waals surface area contributed by atoms with E-state index in [0.717, 1.165) is 5.56 Å². The molecule has 0 bridgehead atoms. The second-order valence-corrected chi connectivity index (χ2v) is 9.53. The van der Waals surface area contributed by atoms with Crippen LogP contribution in [0.1, 0.15) is 24.2 Å². The molecule has 0 radical (unpaired) electrons. The number of H-pyrrole nitrogens is 1. The van der Waals surface area contributed by atoms with Gasteiger partial charge in [0.2, 0.25) is 10.0 Å². The summed E-state index contributed by atoms with van der Waals surface area (Å²) in [6.07, 6.45) is 1.75. The average Bonchev–Trinajstić information content (AvgIpc) is 3.09. The van der Waals surface area contributed by atoms with Crippen molar-refractivity contribution in [3.05, 3.63) is 76.2 Å². The molecule has 1 saturated heterocycles. The molecule has 4 rings (SSSR count). The fraction of sp³-hybridized carbons (Fsp3) is 0.333. The van der Waals surface area contributed by atoms with E-state index in [0.29, 0.717) is 43.1 Å². The Labute approximate surface area is 174 Å². The molecule has 0 unspecified atom stereocenters. The zero-order valence-electron chi connectivity index (χ0n) is 16.6. The lowest BCUT2D eigenvalue weighted by Crippen LogP contribution is -2.39. The van der Waals surface area contributed by atoms with E-state index < -0.39 is 21.5 Å². The lowest BCUT2D eigenvalue weighted by molar-refractivity contribution is 0.269. The first-order chi connectivity index (χ1) is 14.4. The summed E-state index contributed by atoms with van der Waals surface area (Å²) < 4.78 is 42.7. The van der Waals surface area contributed by atoms with E-state index in [2.05, 4.69) is 10.2 Å². The van der Waals surface area contributed by atoms with E-state index in [1.165, 1.54) is 21.0 Å². The summed E-state index contributed by atoms with van der Waals surface area (Å²) in [5.41, 5.74) is 0.674. The highest BCUT2D eigenvalue weighted by molar-refractivity contribution is 7.89. The predicted octanol–water partition coefficient (Wildman–Crippen LogP) is 2.65. The molecule has 3 aromatic rings. The molecular weight excluding hydrogens is 407 g/mol. The molecule has 0 saturated carbocycles. The zero-order chi connectivity index (χ0) is 21.3. The van der Waals surface area contributed by atoms with Crippen LogP contribution in [0.2, 0.25) is 0 Å². The number of aromatic amines is 1. The van der Waals surface area contributed by atoms with Gasteiger partial charge >= 0.3 is 5.69 Å². The van der Waals surface area contributed by atoms with E-state index in [-0.39, 0.29) is 11.6 Å². The van der Waals surface area contributed by atoms with Gasteiger partial charge in [-0.2, -0.15) is 9.40 Å². The van der Waals surface area contributed by atoms with Gasteiger partial charge in [-0.15, -0.1) is 0 Å². The van der Waals surface area contributed by atoms with Crippen LogP contribution in [0.4, 0.5) is 4.39 Å². The lowest BCUT2D eigenvalue weighted by Gasteiger charge is -2.31. The third-order valence-electron chi connectivity index (χ3n) is 5.54. The number of para-hydroxylation sites is 1. The Morgan fingerprint density at radius 1 is 1.10 bits per heavy atom. The molecule has 0 aliphatic carbocycles. The Balaban J connectivity index is 1.47. The van der Waals surface area contributed by atoms with Crippen molar-refractivity contribution in [2.24, 2.45) is 5.92 Å². The Kier molecular flexibility index (Phi) is 5.57. The van der Waals surface area contributed by atoms with Crippen molar-refractivity contribution in [2.45, 2.75) is 31.1 Å². The normalized spacial score (nSPS) is 16.1. The maximum atomic E-state index is 14.2. The highest BCUT2D eigenvalue weighted by Gasteiger charge is 2.30. The van der Waals surface area contributed by atoms with Gasteiger partial charge < -0.3 is 0 Å². The van der Waals surface area contributed by atoms with Crippen LogP contribution >= 0.6 is 0 Å². The van der Waals surface area contributed by atoms with Crippen molar-refractivity contribution in [3.8, 4) is 5.69 Å². The fourth-order valence-electron chi connectivity index (χ4n) is 3.82. The van der Waals surface area contributed by atoms with Crippen LogP contribution in [0.3, 0.4) is 0 Å². The van der Waals surface area contributed by atoms with Gasteiger partial charge in [0.1, 0.15) is 11.6 Å². The second-order valence-electron chi connectivity index (χ2n) is 7.60. The summed E-state index contributed by atoms with van der Waals surface area (Å²) in [7, 11) is -3.52. The maximum absolute atomic E-state index is 14.2. The molecule has 0 atom stereocenters. The van der Waals surface area contributed by atoms with Gasteiger partial charge in [0.15, 0.2) is 0 Å². The average molecular weight is 431 g/mol. The predicted molar refractivity (Wildman–Crippen MR) is 111 cm³/mol. The minimum atomic E-state index is -3.52. The Bertz CT molecular complexity index is 1190. The number of hydrogen-bond donors (Lipinski definition) is 1. The van der Waals surface area contributed by atoms with Gasteiger partial charge in [0, 0.05) is 19.5 Å². The Morgan fingerprint density at radius 3 is 2.43 bits per heavy atom. The molecule has 2 aromatic carbocycles. The van der Waals surface area contributed by atoms with Crippen molar-refractivity contribution in [2.75, 3.05) is 13.1 Å². The molecule has 30 heavy (non-hydrogen) atoms. The number of rotatable bonds is 5. The Morgan fingerprint density at radius 2 is 1.77 bits per heavy atom. The molecule has 1 aliphatic heterocycles. The number of sulfonamides is 1. The summed E-state index contributed by atoms with van der Waals surface area (Å²) in [6.45, 7) is 2.71. The van der Waals surface area contributed by atoms with Crippen LogP contribution < -0.4 is 5.69 Å². The zero-order valence-corrected chi connectivity index (χ0v) is 17.4. The number of hydrogen-bond acceptors (Lipinski definition) is 4. The maximum Gasteiger partial charge on any atom is 0.348 e. The van der Waals surface area contributed by atoms with Gasteiger partial charge in [0.25, 0.3) is 0 Å². The smallest absolute Gasteiger partial charge is 0.246 e. The van der Waals surface area contributed by atoms with Crippen LogP contribution in [0.5, 0.6) is 0 Å². The third-order valence-corrected chi connectivity index (χ3v) is 7.45. The molecule has 1 aliphatic rings. The highest BCUT2D eigenvalue weighted by Crippen LogP contribution is 2.26. The number of nitrogens with one attached hydrogen (secondary N) is 1. The first kappa shape index (κ1) is 20.5. The minimum absolute atomic E-state index is 0.148. The summed E-state index contributed by atoms with van der Waals surface area (Å²) >= 11 is 0. The van der Waals surface area contributed by atoms with Gasteiger partial charge in [-0.3, -0.25) is 0 Å². The molecular formula is C21H23FN4O3S. The topological polar surface area (TPSA) is 88.1 Å². The number of piperidine rings is 1. The molecule has 0 amide bonds. The monoisotopic (exact) mass is 430 g/mol. The Hall–Kier alpha value is -2.78. The standard InChI is InChI=1S/C21H23FN4O3S/c1-15-6-8-17(9-7-15)30(28,29)25-12-10-16(11-13-25)14-20-23-24-21(27)26(20)19-5-3-2-4-18(19)22/h2-9,16H,10-14H2,1H3,(H,24,27). The second kappa shape index (κ2) is 8.16. The SMILES string of the molecule is Cc1ccc(S(=O)(=O)N2CCC(Cc3n[nH]c(=O)n3-c3ccccc3F)CC2)cc1. The number of aryl methyl sites for hydroxylation is 1. The van der Waals surface area contributed by atoms with Crippen LogP contribution in [0.15, 0.2) is 58.2 Å². The van der Waals surface area contributed by atoms with Gasteiger partial charge in [-0.25, -0.2) is 27.3 Å². The molecule has 2 heterocycles. The first-order valence-corrected chi connectivity index (χ1v) is 11.3. The number of benzene rings is 2. The van der Waals surface area contributed by atoms with Crippen molar-refractivity contribution in [3.63, 3.8) is 0 Å². The van der Waals surface area contributed by atoms with Gasteiger partial charge in [0.05, 0.1) is 10.6 Å². The summed E-state index contributed by atoms with van der Waals surface area (Å²) in [5.74, 6) is 0.0985. The molecule has 158 valence electrons. The highest BCUT2D eigenvalue weighted by atomic mass is 32.2. The number of aromatic nitrogens is 3. The van der Waals surface area contributed by atoms with Crippen molar-refractivity contribution in [1.29, 1.82) is 0 Å². The molecule has 1 fully saturated rings. The van der Waals surface area contributed by atoms with Crippen molar-refractivity contribution in [1.82, 2.24) is 19.1 Å². The van der Waals surface area contributed by atoms with E-state index in [9.17, 15) is 17.6 Å². The summed E-state index contributed by atoms with van der Waals surface area (Å²) in [6, 6.07) is 12.9. The molecule has 0 spiro atoms. The molecule has 1 N–H and O–H groups in total. The largest absolute Gasteiger partial charge is 0.348 e. The summed E-state index contributed by atoms with van der Waals surface area (Å²) in [5, 5.41) is 6.47. The van der Waals surface area contributed by atoms with Crippen molar-refractivity contribution < 1.29 is 12.8 Å². The molecule has 7 nitrogen and oxygen atoms in total. The van der Waals surface area contributed by atoms with E-state index >= 15 is 0 Å². The quantitative estimate of drug-likeness (QED) is 0.674. The van der Waals surface area contributed by atoms with Gasteiger partial charge in [-0.05, 0) is 49.9 Å². The van der Waals surface area contributed by atoms with Crippen LogP contribution in [-0.4, -0.2) is 40.6 Å². The first-order valence-electron chi connectivity index (χ1n) is 9.84. The van der Waals surface area contributed by atoms with Crippen LogP contribution in [0.25, 0.3) is 5.69 Å².